The van der Waals surface area contributed by atoms with Crippen molar-refractivity contribution in [3.63, 3.8) is 0 Å². The van der Waals surface area contributed by atoms with Crippen molar-refractivity contribution in [2.45, 2.75) is 19.9 Å². The molecule has 7 nitrogen and oxygen atoms in total. The molecule has 3 aromatic heterocycles. The number of anilines is 1. The van der Waals surface area contributed by atoms with Gasteiger partial charge in [-0.1, -0.05) is 18.2 Å². The average molecular weight is 439 g/mol. The Balaban J connectivity index is 1.64. The predicted molar refractivity (Wildman–Crippen MR) is 127 cm³/mol. The smallest absolute Gasteiger partial charge is 0.337 e. The zero-order valence-electron chi connectivity index (χ0n) is 18.1. The Labute approximate surface area is 188 Å². The molecule has 0 saturated heterocycles. The van der Waals surface area contributed by atoms with E-state index in [0.717, 1.165) is 22.3 Å². The van der Waals surface area contributed by atoms with Crippen molar-refractivity contribution < 1.29 is 14.3 Å². The number of hydrogen-bond donors (Lipinski definition) is 2. The van der Waals surface area contributed by atoms with Crippen LogP contribution >= 0.6 is 0 Å². The van der Waals surface area contributed by atoms with Gasteiger partial charge in [0.15, 0.2) is 5.43 Å². The first-order valence-corrected chi connectivity index (χ1v) is 10.5. The third-order valence-electron chi connectivity index (χ3n) is 5.67. The monoisotopic (exact) mass is 439 g/mol. The lowest BCUT2D eigenvalue weighted by atomic mass is 10.00. The summed E-state index contributed by atoms with van der Waals surface area (Å²) < 4.78 is 8.15. The lowest BCUT2D eigenvalue weighted by Gasteiger charge is -2.19. The molecule has 1 unspecified atom stereocenters. The molecule has 5 aromatic rings. The van der Waals surface area contributed by atoms with Crippen LogP contribution in [0.25, 0.3) is 27.9 Å². The van der Waals surface area contributed by atoms with E-state index in [0.29, 0.717) is 22.4 Å². The van der Waals surface area contributed by atoms with Crippen LogP contribution in [0.5, 0.6) is 0 Å². The molecule has 2 N–H and O–H groups in total. The van der Waals surface area contributed by atoms with Crippen molar-refractivity contribution >= 4 is 28.3 Å². The number of rotatable bonds is 5. The molecule has 0 amide bonds. The Bertz CT molecular complexity index is 1580. The topological polar surface area (TPSA) is 96.8 Å². The zero-order valence-corrected chi connectivity index (χ0v) is 18.1. The SMILES string of the molecule is Cc1cc(C(C)Nc2ccccc2C(=O)O)c2oc(-c3ccc4nccn4c3)cc(=O)c2c1. The Morgan fingerprint density at radius 3 is 2.79 bits per heavy atom. The number of aromatic nitrogens is 2. The maximum atomic E-state index is 13.0. The molecule has 0 fully saturated rings. The van der Waals surface area contributed by atoms with Gasteiger partial charge in [0.2, 0.25) is 0 Å². The van der Waals surface area contributed by atoms with Crippen molar-refractivity contribution in [3.8, 4) is 11.3 Å². The lowest BCUT2D eigenvalue weighted by Crippen LogP contribution is -2.12. The summed E-state index contributed by atoms with van der Waals surface area (Å²) in [6, 6.07) is 15.4. The summed E-state index contributed by atoms with van der Waals surface area (Å²) in [6.07, 6.45) is 5.41. The van der Waals surface area contributed by atoms with Gasteiger partial charge >= 0.3 is 5.97 Å². The van der Waals surface area contributed by atoms with E-state index >= 15 is 0 Å². The van der Waals surface area contributed by atoms with Crippen LogP contribution in [0.2, 0.25) is 0 Å². The number of aryl methyl sites for hydroxylation is 1. The summed E-state index contributed by atoms with van der Waals surface area (Å²) in [7, 11) is 0. The molecule has 0 bridgehead atoms. The van der Waals surface area contributed by atoms with Gasteiger partial charge in [-0.15, -0.1) is 0 Å². The zero-order chi connectivity index (χ0) is 23.1. The Morgan fingerprint density at radius 2 is 1.97 bits per heavy atom. The molecule has 33 heavy (non-hydrogen) atoms. The highest BCUT2D eigenvalue weighted by Crippen LogP contribution is 2.31. The molecule has 0 radical (unpaired) electrons. The van der Waals surface area contributed by atoms with E-state index in [1.54, 1.807) is 30.5 Å². The number of carboxylic acid groups (broad SMARTS) is 1. The van der Waals surface area contributed by atoms with Crippen LogP contribution in [-0.2, 0) is 0 Å². The maximum absolute atomic E-state index is 13.0. The maximum Gasteiger partial charge on any atom is 0.337 e. The first-order valence-electron chi connectivity index (χ1n) is 10.5. The molecule has 0 aliphatic heterocycles. The van der Waals surface area contributed by atoms with E-state index in [1.807, 2.05) is 54.9 Å². The highest BCUT2D eigenvalue weighted by atomic mass is 16.4. The number of benzene rings is 2. The van der Waals surface area contributed by atoms with Gasteiger partial charge in [0, 0.05) is 41.5 Å². The minimum absolute atomic E-state index is 0.139. The third-order valence-corrected chi connectivity index (χ3v) is 5.67. The minimum Gasteiger partial charge on any atom is -0.478 e. The second-order valence-corrected chi connectivity index (χ2v) is 8.03. The van der Waals surface area contributed by atoms with E-state index in [2.05, 4.69) is 10.3 Å². The van der Waals surface area contributed by atoms with Crippen LogP contribution in [0.15, 0.2) is 82.4 Å². The minimum atomic E-state index is -1.01. The quantitative estimate of drug-likeness (QED) is 0.386. The van der Waals surface area contributed by atoms with Crippen LogP contribution in [0.4, 0.5) is 5.69 Å². The molecule has 7 heteroatoms. The molecular weight excluding hydrogens is 418 g/mol. The van der Waals surface area contributed by atoms with Gasteiger partial charge in [-0.05, 0) is 49.7 Å². The number of nitrogens with zero attached hydrogens (tertiary/aromatic N) is 2. The van der Waals surface area contributed by atoms with Crippen LogP contribution in [0, 0.1) is 6.92 Å². The van der Waals surface area contributed by atoms with Crippen molar-refractivity contribution in [3.05, 3.63) is 100 Å². The molecule has 0 aliphatic carbocycles. The molecule has 3 heterocycles. The number of fused-ring (bicyclic) bond motifs is 2. The van der Waals surface area contributed by atoms with Crippen LogP contribution < -0.4 is 10.7 Å². The number of nitrogens with one attached hydrogen (secondary N) is 1. The Kier molecular flexibility index (Phi) is 4.94. The highest BCUT2D eigenvalue weighted by molar-refractivity contribution is 5.94. The molecule has 0 spiro atoms. The van der Waals surface area contributed by atoms with Crippen molar-refractivity contribution in [2.75, 3.05) is 5.32 Å². The van der Waals surface area contributed by atoms with Gasteiger partial charge in [0.25, 0.3) is 0 Å². The number of aromatic carboxylic acids is 1. The summed E-state index contributed by atoms with van der Waals surface area (Å²) in [6.45, 7) is 3.83. The molecule has 2 aromatic carbocycles. The fourth-order valence-corrected chi connectivity index (χ4v) is 4.07. The second-order valence-electron chi connectivity index (χ2n) is 8.03. The van der Waals surface area contributed by atoms with Crippen molar-refractivity contribution in [1.29, 1.82) is 0 Å². The summed E-state index contributed by atoms with van der Waals surface area (Å²) in [4.78, 5) is 28.9. The fraction of sp³-hybridized carbons (Fsp3) is 0.115. The summed E-state index contributed by atoms with van der Waals surface area (Å²) >= 11 is 0. The van der Waals surface area contributed by atoms with Gasteiger partial charge in [0.1, 0.15) is 17.0 Å². The fourth-order valence-electron chi connectivity index (χ4n) is 4.07. The van der Waals surface area contributed by atoms with E-state index < -0.39 is 5.97 Å². The van der Waals surface area contributed by atoms with Gasteiger partial charge in [-0.25, -0.2) is 9.78 Å². The number of hydrogen-bond acceptors (Lipinski definition) is 5. The Hall–Kier alpha value is -4.39. The van der Waals surface area contributed by atoms with E-state index in [9.17, 15) is 14.7 Å². The van der Waals surface area contributed by atoms with Crippen LogP contribution in [0.3, 0.4) is 0 Å². The van der Waals surface area contributed by atoms with Crippen LogP contribution in [-0.4, -0.2) is 20.5 Å². The van der Waals surface area contributed by atoms with Crippen molar-refractivity contribution in [2.24, 2.45) is 0 Å². The second kappa shape index (κ2) is 7.94. The molecule has 1 atom stereocenters. The van der Waals surface area contributed by atoms with Gasteiger partial charge in [0.05, 0.1) is 17.0 Å². The number of pyridine rings is 1. The number of carboxylic acids is 1. The summed E-state index contributed by atoms with van der Waals surface area (Å²) in [5.41, 5.74) is 4.25. The Morgan fingerprint density at radius 1 is 1.15 bits per heavy atom. The molecule has 0 aliphatic rings. The predicted octanol–water partition coefficient (Wildman–Crippen LogP) is 5.29. The molecule has 5 rings (SSSR count). The molecular formula is C26H21N3O4. The van der Waals surface area contributed by atoms with Gasteiger partial charge < -0.3 is 19.2 Å². The number of imidazole rings is 1. The van der Waals surface area contributed by atoms with E-state index in [-0.39, 0.29) is 17.0 Å². The summed E-state index contributed by atoms with van der Waals surface area (Å²) in [5.74, 6) is -0.561. The van der Waals surface area contributed by atoms with Crippen LogP contribution in [0.1, 0.15) is 34.5 Å². The first-order chi connectivity index (χ1) is 15.9. The first kappa shape index (κ1) is 20.5. The number of para-hydroxylation sites is 1. The van der Waals surface area contributed by atoms with E-state index in [4.69, 9.17) is 4.42 Å². The standard InChI is InChI=1S/C26H21N3O4/c1-15-11-19(16(2)28-21-6-4-3-5-18(21)26(31)32)25-20(12-15)22(30)13-23(33-25)17-7-8-24-27-9-10-29(24)14-17/h3-14,16,28H,1-2H3,(H,31,32). The molecule has 0 saturated carbocycles. The number of carbonyl (C=O) groups is 1. The van der Waals surface area contributed by atoms with Gasteiger partial charge in [-0.2, -0.15) is 0 Å². The van der Waals surface area contributed by atoms with Crippen molar-refractivity contribution in [1.82, 2.24) is 9.38 Å². The van der Waals surface area contributed by atoms with Gasteiger partial charge in [-0.3, -0.25) is 4.79 Å². The van der Waals surface area contributed by atoms with E-state index in [1.165, 1.54) is 6.07 Å². The highest BCUT2D eigenvalue weighted by Gasteiger charge is 2.18. The largest absolute Gasteiger partial charge is 0.478 e. The lowest BCUT2D eigenvalue weighted by molar-refractivity contribution is 0.0698. The molecule has 164 valence electrons. The normalized spacial score (nSPS) is 12.2. The summed E-state index contributed by atoms with van der Waals surface area (Å²) in [5, 5.41) is 13.3. The average Bonchev–Trinajstić information content (AvgIpc) is 3.27. The third kappa shape index (κ3) is 3.74.